The van der Waals surface area contributed by atoms with E-state index in [1.807, 2.05) is 31.2 Å². The fourth-order valence-corrected chi connectivity index (χ4v) is 1.85. The third-order valence-electron chi connectivity index (χ3n) is 2.78. The minimum Gasteiger partial charge on any atom is -0.437 e. The number of nitrogens with one attached hydrogen (secondary N) is 1. The first-order chi connectivity index (χ1) is 10.2. The lowest BCUT2D eigenvalue weighted by Crippen LogP contribution is -2.03. The Hall–Kier alpha value is -1.85. The molecule has 0 aliphatic rings. The third-order valence-corrected chi connectivity index (χ3v) is 3.04. The maximum Gasteiger partial charge on any atom is 0.243 e. The van der Waals surface area contributed by atoms with Crippen LogP contribution in [0.4, 0.5) is 5.95 Å². The van der Waals surface area contributed by atoms with Gasteiger partial charge in [0.25, 0.3) is 0 Å². The highest BCUT2D eigenvalue weighted by atomic mass is 35.5. The van der Waals surface area contributed by atoms with Crippen LogP contribution in [0, 0.1) is 0 Å². The molecule has 0 aliphatic carbocycles. The average molecular weight is 308 g/mol. The maximum absolute atomic E-state index is 6.05. The first kappa shape index (κ1) is 15.5. The molecule has 1 aromatic carbocycles. The maximum atomic E-state index is 6.05. The second-order valence-electron chi connectivity index (χ2n) is 4.37. The van der Waals surface area contributed by atoms with Gasteiger partial charge in [-0.2, -0.15) is 4.98 Å². The molecular formula is C15H18ClN3O2. The summed E-state index contributed by atoms with van der Waals surface area (Å²) in [7, 11) is 1.69. The van der Waals surface area contributed by atoms with Gasteiger partial charge in [0.15, 0.2) is 0 Å². The lowest BCUT2D eigenvalue weighted by atomic mass is 10.1. The van der Waals surface area contributed by atoms with Crippen LogP contribution in [0.3, 0.4) is 0 Å². The van der Waals surface area contributed by atoms with Crippen LogP contribution in [0.2, 0.25) is 5.02 Å². The molecule has 6 heteroatoms. The van der Waals surface area contributed by atoms with E-state index in [1.54, 1.807) is 7.11 Å². The molecule has 5 nitrogen and oxygen atoms in total. The minimum atomic E-state index is 0.340. The fourth-order valence-electron chi connectivity index (χ4n) is 1.72. The number of hydrogen-bond acceptors (Lipinski definition) is 5. The van der Waals surface area contributed by atoms with Gasteiger partial charge in [-0.3, -0.25) is 0 Å². The first-order valence-electron chi connectivity index (χ1n) is 6.75. The number of benzene rings is 1. The van der Waals surface area contributed by atoms with Gasteiger partial charge in [-0.05, 0) is 31.0 Å². The molecule has 2 rings (SSSR count). The van der Waals surface area contributed by atoms with Crippen LogP contribution < -0.4 is 10.1 Å². The Morgan fingerprint density at radius 3 is 2.67 bits per heavy atom. The van der Waals surface area contributed by atoms with Crippen molar-refractivity contribution >= 4 is 17.5 Å². The third kappa shape index (κ3) is 4.58. The van der Waals surface area contributed by atoms with Crippen LogP contribution in [0.25, 0.3) is 0 Å². The Balaban J connectivity index is 2.08. The van der Waals surface area contributed by atoms with Crippen LogP contribution in [0.15, 0.2) is 30.5 Å². The molecule has 0 atom stereocenters. The molecule has 112 valence electrons. The van der Waals surface area contributed by atoms with E-state index in [9.17, 15) is 0 Å². The molecule has 0 unspecified atom stereocenters. The summed E-state index contributed by atoms with van der Waals surface area (Å²) in [5.74, 6) is 1.51. The number of ether oxygens (including phenoxy) is 2. The molecule has 2 aromatic rings. The van der Waals surface area contributed by atoms with Crippen molar-refractivity contribution in [3.05, 3.63) is 41.0 Å². The summed E-state index contributed by atoms with van der Waals surface area (Å²) in [6.07, 6.45) is 2.39. The average Bonchev–Trinajstić information content (AvgIpc) is 2.50. The van der Waals surface area contributed by atoms with Crippen LogP contribution >= 0.6 is 11.6 Å². The molecule has 0 saturated carbocycles. The van der Waals surface area contributed by atoms with Crippen molar-refractivity contribution in [1.82, 2.24) is 9.97 Å². The molecule has 1 aromatic heterocycles. The zero-order chi connectivity index (χ0) is 15.1. The molecule has 0 amide bonds. The molecule has 1 N–H and O–H groups in total. The molecule has 1 heterocycles. The smallest absolute Gasteiger partial charge is 0.243 e. The fraction of sp³-hybridized carbons (Fsp3) is 0.333. The lowest BCUT2D eigenvalue weighted by Gasteiger charge is -2.09. The highest BCUT2D eigenvalue weighted by Gasteiger charge is 2.07. The molecule has 0 saturated heterocycles. The summed E-state index contributed by atoms with van der Waals surface area (Å²) < 4.78 is 10.8. The Bertz CT molecular complexity index is 576. The first-order valence-corrected chi connectivity index (χ1v) is 7.13. The van der Waals surface area contributed by atoms with Gasteiger partial charge < -0.3 is 14.8 Å². The predicted molar refractivity (Wildman–Crippen MR) is 83.3 cm³/mol. The standard InChI is InChI=1S/C15H18ClN3O2/c1-3-17-15-18-10-13(16)14(19-15)21-12-6-4-11(5-7-12)8-9-20-2/h4-7,10H,3,8-9H2,1-2H3,(H,17,18,19). The van der Waals surface area contributed by atoms with Gasteiger partial charge in [-0.1, -0.05) is 23.7 Å². The van der Waals surface area contributed by atoms with E-state index in [1.165, 1.54) is 11.8 Å². The topological polar surface area (TPSA) is 56.3 Å². The van der Waals surface area contributed by atoms with Crippen molar-refractivity contribution < 1.29 is 9.47 Å². The Morgan fingerprint density at radius 1 is 1.24 bits per heavy atom. The summed E-state index contributed by atoms with van der Waals surface area (Å²) >= 11 is 6.05. The zero-order valence-electron chi connectivity index (χ0n) is 12.1. The summed E-state index contributed by atoms with van der Waals surface area (Å²) in [4.78, 5) is 8.30. The van der Waals surface area contributed by atoms with Crippen molar-refractivity contribution in [3.63, 3.8) is 0 Å². The van der Waals surface area contributed by atoms with Crippen LogP contribution in [0.5, 0.6) is 11.6 Å². The van der Waals surface area contributed by atoms with Crippen molar-refractivity contribution in [2.45, 2.75) is 13.3 Å². The van der Waals surface area contributed by atoms with Crippen LogP contribution in [-0.2, 0) is 11.2 Å². The van der Waals surface area contributed by atoms with Crippen LogP contribution in [-0.4, -0.2) is 30.2 Å². The molecule has 0 aliphatic heterocycles. The monoisotopic (exact) mass is 307 g/mol. The van der Waals surface area contributed by atoms with E-state index in [0.29, 0.717) is 29.2 Å². The normalized spacial score (nSPS) is 10.4. The number of anilines is 1. The summed E-state index contributed by atoms with van der Waals surface area (Å²) in [6, 6.07) is 7.76. The van der Waals surface area contributed by atoms with Crippen molar-refractivity contribution in [3.8, 4) is 11.6 Å². The molecule has 0 fully saturated rings. The van der Waals surface area contributed by atoms with Crippen molar-refractivity contribution in [2.24, 2.45) is 0 Å². The van der Waals surface area contributed by atoms with Gasteiger partial charge in [-0.25, -0.2) is 4.98 Å². The molecule has 21 heavy (non-hydrogen) atoms. The minimum absolute atomic E-state index is 0.340. The number of halogens is 1. The Kier molecular flexibility index (Phi) is 5.78. The number of nitrogens with zero attached hydrogens (tertiary/aromatic N) is 2. The lowest BCUT2D eigenvalue weighted by molar-refractivity contribution is 0.202. The van der Waals surface area contributed by atoms with E-state index in [-0.39, 0.29) is 0 Å². The summed E-state index contributed by atoms with van der Waals surface area (Å²) in [5, 5.41) is 3.39. The van der Waals surface area contributed by atoms with E-state index in [0.717, 1.165) is 13.0 Å². The highest BCUT2D eigenvalue weighted by molar-refractivity contribution is 6.31. The highest BCUT2D eigenvalue weighted by Crippen LogP contribution is 2.27. The second-order valence-corrected chi connectivity index (χ2v) is 4.77. The second kappa shape index (κ2) is 7.81. The zero-order valence-corrected chi connectivity index (χ0v) is 12.9. The van der Waals surface area contributed by atoms with E-state index in [2.05, 4.69) is 15.3 Å². The van der Waals surface area contributed by atoms with Crippen molar-refractivity contribution in [1.29, 1.82) is 0 Å². The quantitative estimate of drug-likeness (QED) is 0.848. The number of aromatic nitrogens is 2. The molecular weight excluding hydrogens is 290 g/mol. The summed E-state index contributed by atoms with van der Waals surface area (Å²) in [5.41, 5.74) is 1.19. The van der Waals surface area contributed by atoms with E-state index >= 15 is 0 Å². The van der Waals surface area contributed by atoms with Gasteiger partial charge in [0.05, 0.1) is 12.8 Å². The van der Waals surface area contributed by atoms with Gasteiger partial charge in [0, 0.05) is 13.7 Å². The molecule has 0 spiro atoms. The number of rotatable bonds is 7. The summed E-state index contributed by atoms with van der Waals surface area (Å²) in [6.45, 7) is 3.40. The van der Waals surface area contributed by atoms with Crippen molar-refractivity contribution in [2.75, 3.05) is 25.6 Å². The molecule has 0 bridgehead atoms. The predicted octanol–water partition coefficient (Wildman–Crippen LogP) is 3.54. The Morgan fingerprint density at radius 2 is 2.00 bits per heavy atom. The van der Waals surface area contributed by atoms with Gasteiger partial charge in [0.2, 0.25) is 11.8 Å². The van der Waals surface area contributed by atoms with E-state index < -0.39 is 0 Å². The Labute approximate surface area is 129 Å². The van der Waals surface area contributed by atoms with Gasteiger partial charge in [-0.15, -0.1) is 0 Å². The SMILES string of the molecule is CCNc1ncc(Cl)c(Oc2ccc(CCOC)cc2)n1. The largest absolute Gasteiger partial charge is 0.437 e. The molecule has 0 radical (unpaired) electrons. The number of hydrogen-bond donors (Lipinski definition) is 1. The van der Waals surface area contributed by atoms with Crippen LogP contribution in [0.1, 0.15) is 12.5 Å². The van der Waals surface area contributed by atoms with Gasteiger partial charge in [0.1, 0.15) is 10.8 Å². The number of methoxy groups -OCH3 is 1. The van der Waals surface area contributed by atoms with E-state index in [4.69, 9.17) is 21.1 Å². The van der Waals surface area contributed by atoms with Gasteiger partial charge >= 0.3 is 0 Å².